The summed E-state index contributed by atoms with van der Waals surface area (Å²) in [6, 6.07) is 0. The normalized spacial score (nSPS) is 11.9. The Morgan fingerprint density at radius 1 is 0.815 bits per heavy atom. The van der Waals surface area contributed by atoms with Crippen molar-refractivity contribution in [1.82, 2.24) is 21.3 Å². The number of unbranched alkanes of at least 4 members (excludes halogenated alkanes) is 1. The molecule has 0 rings (SSSR count). The lowest BCUT2D eigenvalue weighted by atomic mass is 10.1. The van der Waals surface area contributed by atoms with Gasteiger partial charge >= 0.3 is 6.09 Å². The van der Waals surface area contributed by atoms with Crippen LogP contribution in [0.2, 0.25) is 0 Å². The summed E-state index contributed by atoms with van der Waals surface area (Å²) in [6.07, 6.45) is 3.52. The average molecular weight is 388 g/mol. The maximum Gasteiger partial charge on any atom is 0.408 e. The van der Waals surface area contributed by atoms with E-state index in [-0.39, 0.29) is 5.91 Å². The minimum atomic E-state index is -1.02. The van der Waals surface area contributed by atoms with Crippen molar-refractivity contribution in [3.05, 3.63) is 0 Å². The Hall–Kier alpha value is -1.38. The topological polar surface area (TPSA) is 118 Å². The van der Waals surface area contributed by atoms with Gasteiger partial charge in [-0.1, -0.05) is 0 Å². The first-order chi connectivity index (χ1) is 12.6. The second-order valence-corrected chi connectivity index (χ2v) is 8.21. The Morgan fingerprint density at radius 2 is 1.33 bits per heavy atom. The summed E-state index contributed by atoms with van der Waals surface area (Å²) in [5.74, 6) is -0.225. The molecule has 0 unspecified atom stereocenters. The highest BCUT2D eigenvalue weighted by molar-refractivity contribution is 5.89. The summed E-state index contributed by atoms with van der Waals surface area (Å²) in [6.45, 7) is 13.8. The minimum absolute atomic E-state index is 0.225. The van der Waals surface area contributed by atoms with E-state index < -0.39 is 17.2 Å². The summed E-state index contributed by atoms with van der Waals surface area (Å²) >= 11 is 0. The van der Waals surface area contributed by atoms with E-state index >= 15 is 0 Å². The van der Waals surface area contributed by atoms with Crippen molar-refractivity contribution in [1.29, 1.82) is 0 Å². The SMILES string of the molecule is CC(C)(C)OC(=O)NC(C)(C)C(=O)NCCCNCCCCNCCCN. The molecule has 160 valence electrons. The molecule has 0 atom stereocenters. The maximum atomic E-state index is 12.2. The van der Waals surface area contributed by atoms with Crippen LogP contribution in [0.25, 0.3) is 0 Å². The predicted octanol–water partition coefficient (Wildman–Crippen LogP) is 1.10. The zero-order valence-electron chi connectivity index (χ0n) is 17.9. The van der Waals surface area contributed by atoms with Crippen molar-refractivity contribution in [2.75, 3.05) is 39.3 Å². The molecular weight excluding hydrogens is 346 g/mol. The molecule has 0 saturated carbocycles. The number of ether oxygens (including phenoxy) is 1. The molecule has 2 amide bonds. The number of nitrogens with two attached hydrogens (primary N) is 1. The molecule has 0 bridgehead atoms. The number of nitrogens with one attached hydrogen (secondary N) is 4. The van der Waals surface area contributed by atoms with Crippen LogP contribution in [-0.2, 0) is 9.53 Å². The lowest BCUT2D eigenvalue weighted by molar-refractivity contribution is -0.126. The third kappa shape index (κ3) is 15.4. The number of hydrogen-bond donors (Lipinski definition) is 5. The molecule has 0 heterocycles. The van der Waals surface area contributed by atoms with Gasteiger partial charge in [-0.15, -0.1) is 0 Å². The van der Waals surface area contributed by atoms with Gasteiger partial charge in [0.2, 0.25) is 5.91 Å². The smallest absolute Gasteiger partial charge is 0.408 e. The molecule has 8 heteroatoms. The first-order valence-corrected chi connectivity index (χ1v) is 9.99. The second kappa shape index (κ2) is 13.7. The molecule has 8 nitrogen and oxygen atoms in total. The van der Waals surface area contributed by atoms with Gasteiger partial charge in [0.1, 0.15) is 11.1 Å². The number of carbonyl (C=O) groups is 2. The molecule has 0 aromatic rings. The highest BCUT2D eigenvalue weighted by atomic mass is 16.6. The summed E-state index contributed by atoms with van der Waals surface area (Å²) in [7, 11) is 0. The molecule has 0 saturated heterocycles. The molecule has 0 aromatic carbocycles. The Labute approximate surface area is 164 Å². The molecule has 27 heavy (non-hydrogen) atoms. The molecule has 0 radical (unpaired) electrons. The van der Waals surface area contributed by atoms with Gasteiger partial charge in [-0.2, -0.15) is 0 Å². The molecule has 0 aliphatic rings. The van der Waals surface area contributed by atoms with E-state index in [1.807, 2.05) is 0 Å². The van der Waals surface area contributed by atoms with Crippen LogP contribution in [0, 0.1) is 0 Å². The molecule has 0 spiro atoms. The summed E-state index contributed by atoms with van der Waals surface area (Å²) in [4.78, 5) is 24.1. The number of alkyl carbamates (subject to hydrolysis) is 1. The van der Waals surface area contributed by atoms with Crippen LogP contribution in [0.15, 0.2) is 0 Å². The quantitative estimate of drug-likeness (QED) is 0.285. The van der Waals surface area contributed by atoms with Crippen molar-refractivity contribution in [3.8, 4) is 0 Å². The van der Waals surface area contributed by atoms with E-state index in [9.17, 15) is 9.59 Å². The summed E-state index contributed by atoms with van der Waals surface area (Å²) in [5, 5.41) is 12.2. The van der Waals surface area contributed by atoms with Crippen LogP contribution in [-0.4, -0.2) is 62.4 Å². The van der Waals surface area contributed by atoms with Gasteiger partial charge in [-0.05, 0) is 93.0 Å². The van der Waals surface area contributed by atoms with Crippen LogP contribution in [0.4, 0.5) is 4.79 Å². The maximum absolute atomic E-state index is 12.2. The van der Waals surface area contributed by atoms with Gasteiger partial charge in [-0.25, -0.2) is 4.79 Å². The van der Waals surface area contributed by atoms with Gasteiger partial charge in [-0.3, -0.25) is 4.79 Å². The largest absolute Gasteiger partial charge is 0.444 e. The fourth-order valence-corrected chi connectivity index (χ4v) is 2.23. The van der Waals surface area contributed by atoms with Gasteiger partial charge in [0.05, 0.1) is 0 Å². The van der Waals surface area contributed by atoms with Crippen LogP contribution in [0.3, 0.4) is 0 Å². The van der Waals surface area contributed by atoms with Crippen LogP contribution < -0.4 is 27.0 Å². The van der Waals surface area contributed by atoms with Crippen LogP contribution >= 0.6 is 0 Å². The minimum Gasteiger partial charge on any atom is -0.444 e. The van der Waals surface area contributed by atoms with E-state index in [2.05, 4.69) is 21.3 Å². The van der Waals surface area contributed by atoms with Crippen molar-refractivity contribution >= 4 is 12.0 Å². The zero-order chi connectivity index (χ0) is 20.8. The van der Waals surface area contributed by atoms with Crippen molar-refractivity contribution < 1.29 is 14.3 Å². The second-order valence-electron chi connectivity index (χ2n) is 8.21. The monoisotopic (exact) mass is 387 g/mol. The molecular formula is C19H41N5O3. The Kier molecular flexibility index (Phi) is 13.0. The van der Waals surface area contributed by atoms with Crippen LogP contribution in [0.5, 0.6) is 0 Å². The van der Waals surface area contributed by atoms with E-state index in [1.54, 1.807) is 34.6 Å². The van der Waals surface area contributed by atoms with Crippen molar-refractivity contribution in [2.45, 2.75) is 71.4 Å². The first-order valence-electron chi connectivity index (χ1n) is 9.99. The lowest BCUT2D eigenvalue weighted by Crippen LogP contribution is -2.55. The Morgan fingerprint density at radius 3 is 1.85 bits per heavy atom. The van der Waals surface area contributed by atoms with Crippen LogP contribution in [0.1, 0.15) is 60.3 Å². The van der Waals surface area contributed by atoms with E-state index in [0.717, 1.165) is 58.4 Å². The molecule has 0 aliphatic heterocycles. The van der Waals surface area contributed by atoms with Crippen molar-refractivity contribution in [3.63, 3.8) is 0 Å². The first kappa shape index (κ1) is 25.6. The van der Waals surface area contributed by atoms with Gasteiger partial charge in [0.15, 0.2) is 0 Å². The van der Waals surface area contributed by atoms with Gasteiger partial charge in [0.25, 0.3) is 0 Å². The molecule has 0 fully saturated rings. The van der Waals surface area contributed by atoms with Gasteiger partial charge in [0, 0.05) is 6.54 Å². The predicted molar refractivity (Wildman–Crippen MR) is 110 cm³/mol. The molecule has 0 aromatic heterocycles. The van der Waals surface area contributed by atoms with E-state index in [0.29, 0.717) is 6.54 Å². The van der Waals surface area contributed by atoms with E-state index in [4.69, 9.17) is 10.5 Å². The molecule has 0 aliphatic carbocycles. The highest BCUT2D eigenvalue weighted by Gasteiger charge is 2.31. The third-order valence-electron chi connectivity index (χ3n) is 3.71. The summed E-state index contributed by atoms with van der Waals surface area (Å²) in [5.41, 5.74) is 3.82. The number of carbonyl (C=O) groups excluding carboxylic acids is 2. The number of hydrogen-bond acceptors (Lipinski definition) is 6. The highest BCUT2D eigenvalue weighted by Crippen LogP contribution is 2.09. The van der Waals surface area contributed by atoms with Crippen molar-refractivity contribution in [2.24, 2.45) is 5.73 Å². The third-order valence-corrected chi connectivity index (χ3v) is 3.71. The van der Waals surface area contributed by atoms with E-state index in [1.165, 1.54) is 0 Å². The Bertz CT molecular complexity index is 422. The zero-order valence-corrected chi connectivity index (χ0v) is 17.9. The summed E-state index contributed by atoms with van der Waals surface area (Å²) < 4.78 is 5.19. The fourth-order valence-electron chi connectivity index (χ4n) is 2.23. The molecule has 6 N–H and O–H groups in total. The lowest BCUT2D eigenvalue weighted by Gasteiger charge is -2.27. The standard InChI is InChI=1S/C19H41N5O3/c1-18(2,3)27-17(26)24-19(4,5)16(25)23-15-9-14-22-12-7-6-11-21-13-8-10-20/h21-22H,6-15,20H2,1-5H3,(H,23,25)(H,24,26). The fraction of sp³-hybridized carbons (Fsp3) is 0.895. The number of rotatable bonds is 14. The van der Waals surface area contributed by atoms with Gasteiger partial charge < -0.3 is 31.7 Å². The Balaban J connectivity index is 3.71. The number of amides is 2. The average Bonchev–Trinajstić information content (AvgIpc) is 2.53.